The predicted molar refractivity (Wildman–Crippen MR) is 143 cm³/mol. The molecule has 3 aromatic rings. The van der Waals surface area contributed by atoms with E-state index in [0.29, 0.717) is 19.4 Å². The molecule has 3 heterocycles. The van der Waals surface area contributed by atoms with E-state index in [0.717, 1.165) is 58.2 Å². The number of fused-ring (bicyclic) bond motifs is 1. The molecule has 2 aromatic heterocycles. The minimum absolute atomic E-state index is 0.0590. The van der Waals surface area contributed by atoms with Gasteiger partial charge in [-0.25, -0.2) is 0 Å². The first-order chi connectivity index (χ1) is 16.9. The van der Waals surface area contributed by atoms with Crippen molar-refractivity contribution in [2.75, 3.05) is 32.5 Å². The second-order valence-electron chi connectivity index (χ2n) is 8.93. The molecule has 1 fully saturated rings. The average Bonchev–Trinajstić information content (AvgIpc) is 3.29. The average molecular weight is 535 g/mol. The Balaban J connectivity index is 1.30. The number of aliphatic hydroxyl groups is 1. The van der Waals surface area contributed by atoms with Crippen LogP contribution in [0.1, 0.15) is 37.4 Å². The number of likely N-dealkylation sites (tertiary alicyclic amines) is 1. The molecule has 0 radical (unpaired) electrons. The molecule has 0 saturated carbocycles. The molecule has 1 aliphatic rings. The van der Waals surface area contributed by atoms with Crippen LogP contribution >= 0.6 is 34.7 Å². The number of thioether (sulfide) groups is 1. The number of methoxy groups -OCH3 is 1. The predicted octanol–water partition coefficient (Wildman–Crippen LogP) is 5.98. The zero-order chi connectivity index (χ0) is 24.8. The lowest BCUT2D eigenvalue weighted by atomic mass is 9.81. The van der Waals surface area contributed by atoms with Gasteiger partial charge in [-0.2, -0.15) is 0 Å². The first-order valence-corrected chi connectivity index (χ1v) is 14.1. The van der Waals surface area contributed by atoms with E-state index < -0.39 is 18.0 Å². The van der Waals surface area contributed by atoms with Crippen molar-refractivity contribution < 1.29 is 19.7 Å². The highest BCUT2D eigenvalue weighted by atomic mass is 35.5. The third-order valence-corrected chi connectivity index (χ3v) is 9.26. The van der Waals surface area contributed by atoms with Gasteiger partial charge in [0.15, 0.2) is 0 Å². The number of hydrogen-bond acceptors (Lipinski definition) is 7. The van der Waals surface area contributed by atoms with E-state index in [9.17, 15) is 15.0 Å². The van der Waals surface area contributed by atoms with Crippen LogP contribution in [0.4, 0.5) is 0 Å². The van der Waals surface area contributed by atoms with Gasteiger partial charge in [0.1, 0.15) is 5.75 Å². The Morgan fingerprint density at radius 2 is 2.20 bits per heavy atom. The number of nitrogens with zero attached hydrogens (tertiary/aromatic N) is 2. The lowest BCUT2D eigenvalue weighted by molar-refractivity contribution is -0.146. The smallest absolute Gasteiger partial charge is 0.308 e. The van der Waals surface area contributed by atoms with E-state index in [1.807, 2.05) is 36.4 Å². The molecule has 1 aliphatic heterocycles. The normalized spacial score (nSPS) is 19.6. The van der Waals surface area contributed by atoms with E-state index in [2.05, 4.69) is 9.88 Å². The van der Waals surface area contributed by atoms with Crippen molar-refractivity contribution in [3.05, 3.63) is 52.5 Å². The van der Waals surface area contributed by atoms with Gasteiger partial charge in [0.2, 0.25) is 0 Å². The molecule has 0 amide bonds. The van der Waals surface area contributed by atoms with Crippen LogP contribution in [-0.4, -0.2) is 58.6 Å². The highest BCUT2D eigenvalue weighted by molar-refractivity contribution is 8.01. The molecule has 9 heteroatoms. The number of aromatic nitrogens is 1. The molecule has 1 aromatic carbocycles. The molecular weight excluding hydrogens is 504 g/mol. The van der Waals surface area contributed by atoms with Crippen LogP contribution in [0.5, 0.6) is 5.75 Å². The van der Waals surface area contributed by atoms with E-state index in [4.69, 9.17) is 16.3 Å². The molecule has 35 heavy (non-hydrogen) atoms. The maximum absolute atomic E-state index is 12.1. The van der Waals surface area contributed by atoms with Crippen molar-refractivity contribution in [3.63, 3.8) is 0 Å². The fourth-order valence-corrected chi connectivity index (χ4v) is 7.13. The number of aliphatic carboxylic acids is 1. The highest BCUT2D eigenvalue weighted by Crippen LogP contribution is 2.34. The zero-order valence-corrected chi connectivity index (χ0v) is 22.1. The number of aliphatic hydroxyl groups excluding tert-OH is 1. The number of pyridine rings is 1. The van der Waals surface area contributed by atoms with E-state index in [1.165, 1.54) is 4.21 Å². The number of hydrogen-bond donors (Lipinski definition) is 2. The summed E-state index contributed by atoms with van der Waals surface area (Å²) in [5, 5.41) is 21.8. The lowest BCUT2D eigenvalue weighted by Gasteiger charge is -2.37. The second kappa shape index (κ2) is 12.4. The second-order valence-corrected chi connectivity index (χ2v) is 12.0. The molecule has 4 rings (SSSR count). The van der Waals surface area contributed by atoms with Crippen molar-refractivity contribution in [1.29, 1.82) is 0 Å². The molecule has 0 spiro atoms. The Morgan fingerprint density at radius 3 is 2.94 bits per heavy atom. The SMILES string of the molecule is COc1ccc2nccc([C@H](O)CC[C@@H]3CCN(CCCSc4ccc(Cl)s4)C[C@@H]3C(=O)O)c2c1. The van der Waals surface area contributed by atoms with Crippen LogP contribution in [0, 0.1) is 11.8 Å². The van der Waals surface area contributed by atoms with E-state index in [-0.39, 0.29) is 5.92 Å². The Morgan fingerprint density at radius 1 is 1.34 bits per heavy atom. The minimum Gasteiger partial charge on any atom is -0.497 e. The standard InChI is InChI=1S/C26H31ClN2O4S2/c1-33-18-4-5-22-20(15-18)19(9-11-28-22)23(30)6-3-17-10-13-29(16-21(17)26(31)32)12-2-14-34-25-8-7-24(27)35-25/h4-5,7-9,11,15,17,21,23,30H,2-3,6,10,12-14,16H2,1H3,(H,31,32)/t17-,21+,23-/m1/s1. The van der Waals surface area contributed by atoms with Gasteiger partial charge in [-0.3, -0.25) is 9.78 Å². The molecule has 188 valence electrons. The minimum atomic E-state index is -0.740. The van der Waals surface area contributed by atoms with Crippen molar-refractivity contribution >= 4 is 51.6 Å². The largest absolute Gasteiger partial charge is 0.497 e. The fraction of sp³-hybridized carbons (Fsp3) is 0.462. The quantitative estimate of drug-likeness (QED) is 0.231. The van der Waals surface area contributed by atoms with Crippen LogP contribution in [0.15, 0.2) is 46.8 Å². The van der Waals surface area contributed by atoms with Gasteiger partial charge in [0, 0.05) is 23.9 Å². The molecular formula is C26H31ClN2O4S2. The van der Waals surface area contributed by atoms with Crippen molar-refractivity contribution in [2.45, 2.75) is 36.0 Å². The van der Waals surface area contributed by atoms with Gasteiger partial charge in [-0.05, 0) is 86.7 Å². The van der Waals surface area contributed by atoms with Gasteiger partial charge in [-0.15, -0.1) is 23.1 Å². The van der Waals surface area contributed by atoms with Crippen molar-refractivity contribution in [1.82, 2.24) is 9.88 Å². The highest BCUT2D eigenvalue weighted by Gasteiger charge is 2.34. The summed E-state index contributed by atoms with van der Waals surface area (Å²) in [4.78, 5) is 18.7. The summed E-state index contributed by atoms with van der Waals surface area (Å²) in [5.74, 6) is 0.620. The number of halogens is 1. The summed E-state index contributed by atoms with van der Waals surface area (Å²) in [7, 11) is 1.62. The number of carboxylic acids is 1. The van der Waals surface area contributed by atoms with Crippen LogP contribution in [0.2, 0.25) is 4.34 Å². The van der Waals surface area contributed by atoms with Crippen molar-refractivity contribution in [2.24, 2.45) is 11.8 Å². The molecule has 2 N–H and O–H groups in total. The third kappa shape index (κ3) is 6.89. The maximum atomic E-state index is 12.1. The van der Waals surface area contributed by atoms with Crippen LogP contribution in [0.25, 0.3) is 10.9 Å². The van der Waals surface area contributed by atoms with Crippen LogP contribution < -0.4 is 4.74 Å². The number of ether oxygens (including phenoxy) is 1. The first-order valence-electron chi connectivity index (χ1n) is 11.9. The molecule has 1 saturated heterocycles. The maximum Gasteiger partial charge on any atom is 0.308 e. The number of piperidine rings is 1. The summed E-state index contributed by atoms with van der Waals surface area (Å²) in [6, 6.07) is 11.4. The third-order valence-electron chi connectivity index (χ3n) is 6.72. The van der Waals surface area contributed by atoms with E-state index >= 15 is 0 Å². The van der Waals surface area contributed by atoms with Gasteiger partial charge in [0.05, 0.1) is 33.2 Å². The topological polar surface area (TPSA) is 82.9 Å². The Labute approximate surface area is 219 Å². The number of benzene rings is 1. The number of thiophene rings is 1. The molecule has 6 nitrogen and oxygen atoms in total. The van der Waals surface area contributed by atoms with Gasteiger partial charge >= 0.3 is 5.97 Å². The van der Waals surface area contributed by atoms with Gasteiger partial charge in [-0.1, -0.05) is 11.6 Å². The summed E-state index contributed by atoms with van der Waals surface area (Å²) < 4.78 is 7.36. The van der Waals surface area contributed by atoms with E-state index in [1.54, 1.807) is 36.4 Å². The Kier molecular flexibility index (Phi) is 9.30. The first kappa shape index (κ1) is 26.2. The van der Waals surface area contributed by atoms with Crippen LogP contribution in [-0.2, 0) is 4.79 Å². The summed E-state index contributed by atoms with van der Waals surface area (Å²) in [6.45, 7) is 2.37. The van der Waals surface area contributed by atoms with Crippen molar-refractivity contribution in [3.8, 4) is 5.75 Å². The summed E-state index contributed by atoms with van der Waals surface area (Å²) in [6.07, 6.45) is 4.07. The molecule has 0 bridgehead atoms. The van der Waals surface area contributed by atoms with Gasteiger partial charge in [0.25, 0.3) is 0 Å². The molecule has 3 atom stereocenters. The monoisotopic (exact) mass is 534 g/mol. The zero-order valence-electron chi connectivity index (χ0n) is 19.7. The van der Waals surface area contributed by atoms with Crippen LogP contribution in [0.3, 0.4) is 0 Å². The molecule has 0 aliphatic carbocycles. The Hall–Kier alpha value is -1.84. The number of carbonyl (C=O) groups is 1. The lowest BCUT2D eigenvalue weighted by Crippen LogP contribution is -2.44. The number of carboxylic acid groups (broad SMARTS) is 1. The summed E-state index contributed by atoms with van der Waals surface area (Å²) in [5.41, 5.74) is 1.61. The van der Waals surface area contributed by atoms with Gasteiger partial charge < -0.3 is 19.8 Å². The number of rotatable bonds is 11. The summed E-state index contributed by atoms with van der Waals surface area (Å²) >= 11 is 9.38. The Bertz CT molecular complexity index is 1140. The molecule has 0 unspecified atom stereocenters. The fourth-order valence-electron chi connectivity index (χ4n) is 4.82.